The van der Waals surface area contributed by atoms with Crippen LogP contribution in [0, 0.1) is 11.8 Å². The van der Waals surface area contributed by atoms with Crippen LogP contribution in [0.2, 0.25) is 0 Å². The molecule has 0 spiro atoms. The number of carbonyl (C=O) groups is 1. The summed E-state index contributed by atoms with van der Waals surface area (Å²) >= 11 is 0. The molecule has 1 aliphatic carbocycles. The van der Waals surface area contributed by atoms with Crippen molar-refractivity contribution in [2.45, 2.75) is 39.0 Å². The maximum atomic E-state index is 12.5. The number of benzene rings is 1. The summed E-state index contributed by atoms with van der Waals surface area (Å²) in [6.45, 7) is 2.26. The van der Waals surface area contributed by atoms with Crippen molar-refractivity contribution in [3.05, 3.63) is 29.8 Å². The summed E-state index contributed by atoms with van der Waals surface area (Å²) in [6.07, 6.45) is 5.86. The highest BCUT2D eigenvalue weighted by molar-refractivity contribution is 5.98. The van der Waals surface area contributed by atoms with Gasteiger partial charge in [0.25, 0.3) is 0 Å². The molecule has 2 nitrogen and oxygen atoms in total. The third kappa shape index (κ3) is 3.37. The van der Waals surface area contributed by atoms with E-state index in [1.165, 1.54) is 19.3 Å². The zero-order chi connectivity index (χ0) is 13.8. The molecule has 0 aliphatic heterocycles. The van der Waals surface area contributed by atoms with Gasteiger partial charge in [-0.3, -0.25) is 4.79 Å². The molecule has 19 heavy (non-hydrogen) atoms. The van der Waals surface area contributed by atoms with E-state index in [1.807, 2.05) is 38.4 Å². The van der Waals surface area contributed by atoms with Gasteiger partial charge in [0, 0.05) is 31.3 Å². The minimum Gasteiger partial charge on any atom is -0.378 e. The van der Waals surface area contributed by atoms with E-state index in [0.717, 1.165) is 30.0 Å². The molecule has 2 heteroatoms. The molecule has 0 N–H and O–H groups in total. The molecule has 0 saturated heterocycles. The summed E-state index contributed by atoms with van der Waals surface area (Å²) in [4.78, 5) is 14.5. The van der Waals surface area contributed by atoms with Gasteiger partial charge in [0.15, 0.2) is 5.78 Å². The normalized spacial score (nSPS) is 23.1. The SMILES string of the molecule is CCC1CCC(C(=O)c2ccc(N(C)C)cc2)CC1. The Bertz CT molecular complexity index is 413. The average molecular weight is 259 g/mol. The molecule has 1 aliphatic rings. The Morgan fingerprint density at radius 1 is 1.11 bits per heavy atom. The summed E-state index contributed by atoms with van der Waals surface area (Å²) in [5.41, 5.74) is 2.02. The zero-order valence-electron chi connectivity index (χ0n) is 12.4. The van der Waals surface area contributed by atoms with Gasteiger partial charge in [-0.05, 0) is 55.9 Å². The number of hydrogen-bond acceptors (Lipinski definition) is 2. The Hall–Kier alpha value is -1.31. The lowest BCUT2D eigenvalue weighted by Crippen LogP contribution is -2.21. The van der Waals surface area contributed by atoms with Gasteiger partial charge < -0.3 is 4.90 Å². The molecule has 104 valence electrons. The van der Waals surface area contributed by atoms with E-state index in [0.29, 0.717) is 5.78 Å². The molecule has 1 aromatic rings. The fourth-order valence-electron chi connectivity index (χ4n) is 2.99. The van der Waals surface area contributed by atoms with Gasteiger partial charge in [-0.1, -0.05) is 13.3 Å². The fourth-order valence-corrected chi connectivity index (χ4v) is 2.99. The fraction of sp³-hybridized carbons (Fsp3) is 0.588. The Morgan fingerprint density at radius 3 is 2.16 bits per heavy atom. The lowest BCUT2D eigenvalue weighted by molar-refractivity contribution is 0.0871. The molecule has 1 aromatic carbocycles. The van der Waals surface area contributed by atoms with Gasteiger partial charge >= 0.3 is 0 Å². The third-order valence-corrected chi connectivity index (χ3v) is 4.46. The lowest BCUT2D eigenvalue weighted by Gasteiger charge is -2.26. The first-order chi connectivity index (χ1) is 9.11. The van der Waals surface area contributed by atoms with Crippen LogP contribution >= 0.6 is 0 Å². The van der Waals surface area contributed by atoms with Crippen molar-refractivity contribution in [1.82, 2.24) is 0 Å². The largest absolute Gasteiger partial charge is 0.378 e. The van der Waals surface area contributed by atoms with Gasteiger partial charge in [0.1, 0.15) is 0 Å². The van der Waals surface area contributed by atoms with Gasteiger partial charge in [0.2, 0.25) is 0 Å². The van der Waals surface area contributed by atoms with Crippen LogP contribution in [0.5, 0.6) is 0 Å². The first kappa shape index (κ1) is 14.1. The van der Waals surface area contributed by atoms with Gasteiger partial charge in [-0.25, -0.2) is 0 Å². The predicted molar refractivity (Wildman–Crippen MR) is 80.8 cm³/mol. The quantitative estimate of drug-likeness (QED) is 0.757. The number of hydrogen-bond donors (Lipinski definition) is 0. The van der Waals surface area contributed by atoms with Crippen LogP contribution in [0.1, 0.15) is 49.4 Å². The topological polar surface area (TPSA) is 20.3 Å². The number of ketones is 1. The minimum atomic E-state index is 0.257. The second kappa shape index (κ2) is 6.23. The molecule has 0 aromatic heterocycles. The molecule has 0 heterocycles. The van der Waals surface area contributed by atoms with Crippen molar-refractivity contribution in [1.29, 1.82) is 0 Å². The molecule has 1 fully saturated rings. The monoisotopic (exact) mass is 259 g/mol. The van der Waals surface area contributed by atoms with E-state index >= 15 is 0 Å². The average Bonchev–Trinajstić information content (AvgIpc) is 2.46. The van der Waals surface area contributed by atoms with Crippen LogP contribution in [-0.4, -0.2) is 19.9 Å². The smallest absolute Gasteiger partial charge is 0.165 e. The predicted octanol–water partition coefficient (Wildman–Crippen LogP) is 4.15. The summed E-state index contributed by atoms with van der Waals surface area (Å²) in [5, 5.41) is 0. The van der Waals surface area contributed by atoms with Crippen molar-refractivity contribution in [2.24, 2.45) is 11.8 Å². The van der Waals surface area contributed by atoms with Crippen LogP contribution < -0.4 is 4.90 Å². The summed E-state index contributed by atoms with van der Waals surface area (Å²) in [6, 6.07) is 8.02. The Kier molecular flexibility index (Phi) is 4.62. The molecule has 1 saturated carbocycles. The molecule has 0 atom stereocenters. The zero-order valence-corrected chi connectivity index (χ0v) is 12.4. The van der Waals surface area contributed by atoms with Crippen molar-refractivity contribution in [3.8, 4) is 0 Å². The van der Waals surface area contributed by atoms with Gasteiger partial charge in [-0.15, -0.1) is 0 Å². The highest BCUT2D eigenvalue weighted by atomic mass is 16.1. The van der Waals surface area contributed by atoms with Crippen molar-refractivity contribution >= 4 is 11.5 Å². The number of rotatable bonds is 4. The molecule has 2 rings (SSSR count). The summed E-state index contributed by atoms with van der Waals surface area (Å²) < 4.78 is 0. The molecular formula is C17H25NO. The number of anilines is 1. The Balaban J connectivity index is 2.00. The first-order valence-corrected chi connectivity index (χ1v) is 7.43. The Morgan fingerprint density at radius 2 is 1.68 bits per heavy atom. The molecule has 0 amide bonds. The molecular weight excluding hydrogens is 234 g/mol. The highest BCUT2D eigenvalue weighted by Gasteiger charge is 2.26. The minimum absolute atomic E-state index is 0.257. The van der Waals surface area contributed by atoms with Crippen LogP contribution in [0.4, 0.5) is 5.69 Å². The second-order valence-corrected chi connectivity index (χ2v) is 5.93. The van der Waals surface area contributed by atoms with E-state index in [4.69, 9.17) is 0 Å². The molecule has 0 bridgehead atoms. The standard InChI is InChI=1S/C17H25NO/c1-4-13-5-7-14(8-6-13)17(19)15-9-11-16(12-10-15)18(2)3/h9-14H,4-8H2,1-3H3. The van der Waals surface area contributed by atoms with Crippen LogP contribution in [0.15, 0.2) is 24.3 Å². The van der Waals surface area contributed by atoms with E-state index in [2.05, 4.69) is 11.8 Å². The van der Waals surface area contributed by atoms with Crippen molar-refractivity contribution < 1.29 is 4.79 Å². The number of Topliss-reactive ketones (excluding diaryl/α,β-unsaturated/α-hetero) is 1. The maximum absolute atomic E-state index is 12.5. The van der Waals surface area contributed by atoms with Gasteiger partial charge in [-0.2, -0.15) is 0 Å². The van der Waals surface area contributed by atoms with E-state index in [9.17, 15) is 4.79 Å². The first-order valence-electron chi connectivity index (χ1n) is 7.43. The second-order valence-electron chi connectivity index (χ2n) is 5.93. The Labute approximate surface area is 116 Å². The maximum Gasteiger partial charge on any atom is 0.165 e. The van der Waals surface area contributed by atoms with E-state index in [-0.39, 0.29) is 5.92 Å². The van der Waals surface area contributed by atoms with E-state index in [1.54, 1.807) is 0 Å². The van der Waals surface area contributed by atoms with Crippen LogP contribution in [0.25, 0.3) is 0 Å². The van der Waals surface area contributed by atoms with E-state index < -0.39 is 0 Å². The third-order valence-electron chi connectivity index (χ3n) is 4.46. The summed E-state index contributed by atoms with van der Waals surface area (Å²) in [7, 11) is 4.03. The molecule has 0 radical (unpaired) electrons. The highest BCUT2D eigenvalue weighted by Crippen LogP contribution is 2.32. The van der Waals surface area contributed by atoms with Crippen LogP contribution in [-0.2, 0) is 0 Å². The van der Waals surface area contributed by atoms with Gasteiger partial charge in [0.05, 0.1) is 0 Å². The van der Waals surface area contributed by atoms with Crippen molar-refractivity contribution in [2.75, 3.05) is 19.0 Å². The number of nitrogens with zero attached hydrogens (tertiary/aromatic N) is 1. The molecule has 0 unspecified atom stereocenters. The van der Waals surface area contributed by atoms with Crippen molar-refractivity contribution in [3.63, 3.8) is 0 Å². The number of carbonyl (C=O) groups excluding carboxylic acids is 1. The summed E-state index contributed by atoms with van der Waals surface area (Å²) in [5.74, 6) is 1.45. The lowest BCUT2D eigenvalue weighted by atomic mass is 9.78. The van der Waals surface area contributed by atoms with Crippen LogP contribution in [0.3, 0.4) is 0 Å².